The molecule has 0 spiro atoms. The van der Waals surface area contributed by atoms with E-state index in [0.29, 0.717) is 36.2 Å². The summed E-state index contributed by atoms with van der Waals surface area (Å²) >= 11 is 0. The van der Waals surface area contributed by atoms with Crippen molar-refractivity contribution in [1.82, 2.24) is 19.8 Å². The first-order chi connectivity index (χ1) is 16.0. The third-order valence-corrected chi connectivity index (χ3v) is 6.29. The highest BCUT2D eigenvalue weighted by Crippen LogP contribution is 2.25. The monoisotopic (exact) mass is 523 g/mol. The first-order valence-corrected chi connectivity index (χ1v) is 11.2. The molecular weight excluding hydrogens is 496 g/mol. The van der Waals surface area contributed by atoms with Gasteiger partial charge in [-0.3, -0.25) is 9.59 Å². The lowest BCUT2D eigenvalue weighted by atomic mass is 10.0. The maximum atomic E-state index is 13.7. The molecule has 11 heteroatoms. The van der Waals surface area contributed by atoms with Crippen molar-refractivity contribution in [3.63, 3.8) is 0 Å². The summed E-state index contributed by atoms with van der Waals surface area (Å²) in [6.45, 7) is 3.76. The number of amides is 1. The van der Waals surface area contributed by atoms with E-state index in [0.717, 1.165) is 43.6 Å². The zero-order chi connectivity index (χ0) is 22.8. The lowest BCUT2D eigenvalue weighted by Gasteiger charge is -2.32. The Kier molecular flexibility index (Phi) is 9.07. The Balaban J connectivity index is 0.00000171. The van der Waals surface area contributed by atoms with Crippen molar-refractivity contribution in [2.45, 2.75) is 32.0 Å². The maximum absolute atomic E-state index is 13.7. The summed E-state index contributed by atoms with van der Waals surface area (Å²) in [5.41, 5.74) is 1.38. The van der Waals surface area contributed by atoms with Gasteiger partial charge in [-0.1, -0.05) is 0 Å². The van der Waals surface area contributed by atoms with E-state index in [1.54, 1.807) is 22.8 Å². The number of aromatic nitrogens is 2. The first-order valence-electron chi connectivity index (χ1n) is 11.2. The Morgan fingerprint density at radius 3 is 2.63 bits per heavy atom. The van der Waals surface area contributed by atoms with Gasteiger partial charge < -0.3 is 24.8 Å². The van der Waals surface area contributed by atoms with Crippen LogP contribution in [0.1, 0.15) is 18.5 Å². The van der Waals surface area contributed by atoms with Crippen LogP contribution in [0.15, 0.2) is 47.3 Å². The van der Waals surface area contributed by atoms with Crippen LogP contribution >= 0.6 is 24.8 Å². The molecule has 0 radical (unpaired) electrons. The molecule has 0 atom stereocenters. The Labute approximate surface area is 214 Å². The predicted octanol–water partition coefficient (Wildman–Crippen LogP) is 2.96. The van der Waals surface area contributed by atoms with Crippen molar-refractivity contribution in [2.75, 3.05) is 31.6 Å². The summed E-state index contributed by atoms with van der Waals surface area (Å²) in [5.74, 6) is 0.545. The first kappa shape index (κ1) is 26.9. The van der Waals surface area contributed by atoms with Gasteiger partial charge in [-0.25, -0.2) is 9.37 Å². The molecule has 0 saturated carbocycles. The molecule has 0 aliphatic carbocycles. The van der Waals surface area contributed by atoms with Crippen molar-refractivity contribution >= 4 is 47.4 Å². The minimum Gasteiger partial charge on any atom is -0.480 e. The second-order valence-corrected chi connectivity index (χ2v) is 8.51. The molecule has 5 rings (SSSR count). The molecule has 1 aromatic carbocycles. The summed E-state index contributed by atoms with van der Waals surface area (Å²) < 4.78 is 20.7. The number of fused-ring (bicyclic) bond motifs is 2. The second kappa shape index (κ2) is 11.8. The number of halogens is 3. The van der Waals surface area contributed by atoms with E-state index in [-0.39, 0.29) is 48.7 Å². The molecule has 4 heterocycles. The molecule has 1 saturated heterocycles. The van der Waals surface area contributed by atoms with Crippen LogP contribution in [0.3, 0.4) is 0 Å². The van der Waals surface area contributed by atoms with Gasteiger partial charge in [-0.15, -0.1) is 24.8 Å². The third kappa shape index (κ3) is 6.29. The molecule has 8 nitrogen and oxygen atoms in total. The minimum atomic E-state index is -0.336. The number of nitrogens with zero attached hydrogens (tertiary/aromatic N) is 3. The summed E-state index contributed by atoms with van der Waals surface area (Å²) in [6.07, 6.45) is 1.98. The fourth-order valence-corrected chi connectivity index (χ4v) is 4.45. The standard InChI is InChI=1S/C24H26FN5O3.2ClH/c25-17-3-1-16-2-6-23(32)30(20(16)13-17)12-11-29-9-7-18(8-10-29)26-14-19-4-5-21-24(27-19)28-22(31)15-33-21;;/h1-6,13,18,26H,7-12,14-15H2,(H,27,28,31);2*1H. The predicted molar refractivity (Wildman–Crippen MR) is 137 cm³/mol. The van der Waals surface area contributed by atoms with Crippen LogP contribution < -0.4 is 20.9 Å². The van der Waals surface area contributed by atoms with Gasteiger partial charge in [0, 0.05) is 31.7 Å². The SMILES string of the molecule is Cl.Cl.O=C1COc2ccc(CNC3CCN(CCn4c(=O)ccc5ccc(F)cc54)CC3)nc2N1. The van der Waals surface area contributed by atoms with Gasteiger partial charge in [-0.2, -0.15) is 0 Å². The van der Waals surface area contributed by atoms with Gasteiger partial charge in [0.25, 0.3) is 11.5 Å². The van der Waals surface area contributed by atoms with E-state index < -0.39 is 0 Å². The average Bonchev–Trinajstić information content (AvgIpc) is 2.82. The van der Waals surface area contributed by atoms with Gasteiger partial charge in [0.2, 0.25) is 0 Å². The molecule has 0 unspecified atom stereocenters. The molecular formula is C24H28Cl2FN5O3. The molecule has 188 valence electrons. The summed E-state index contributed by atoms with van der Waals surface area (Å²) in [6, 6.07) is 11.9. The van der Waals surface area contributed by atoms with Crippen LogP contribution in [0, 0.1) is 5.82 Å². The Hall–Kier alpha value is -2.72. The molecule has 3 aromatic rings. The Morgan fingerprint density at radius 1 is 1.06 bits per heavy atom. The lowest BCUT2D eigenvalue weighted by Crippen LogP contribution is -2.43. The third-order valence-electron chi connectivity index (χ3n) is 6.29. The number of hydrogen-bond donors (Lipinski definition) is 2. The number of ether oxygens (including phenoxy) is 1. The second-order valence-electron chi connectivity index (χ2n) is 8.51. The van der Waals surface area contributed by atoms with E-state index >= 15 is 0 Å². The number of carbonyl (C=O) groups is 1. The van der Waals surface area contributed by atoms with E-state index in [2.05, 4.69) is 20.5 Å². The van der Waals surface area contributed by atoms with Crippen molar-refractivity contribution in [3.05, 3.63) is 64.3 Å². The van der Waals surface area contributed by atoms with Crippen LogP contribution in [-0.4, -0.2) is 52.6 Å². The average molecular weight is 524 g/mol. The van der Waals surface area contributed by atoms with E-state index in [4.69, 9.17) is 4.74 Å². The fraction of sp³-hybridized carbons (Fsp3) is 0.375. The van der Waals surface area contributed by atoms with Crippen LogP contribution in [-0.2, 0) is 17.9 Å². The van der Waals surface area contributed by atoms with E-state index in [1.165, 1.54) is 12.1 Å². The normalized spacial score (nSPS) is 16.0. The zero-order valence-corrected chi connectivity index (χ0v) is 20.7. The Bertz CT molecular complexity index is 1250. The van der Waals surface area contributed by atoms with E-state index in [1.807, 2.05) is 12.1 Å². The van der Waals surface area contributed by atoms with Crippen molar-refractivity contribution in [2.24, 2.45) is 0 Å². The van der Waals surface area contributed by atoms with Gasteiger partial charge >= 0.3 is 0 Å². The summed E-state index contributed by atoms with van der Waals surface area (Å²) in [4.78, 5) is 30.7. The summed E-state index contributed by atoms with van der Waals surface area (Å²) in [5, 5.41) is 7.15. The lowest BCUT2D eigenvalue weighted by molar-refractivity contribution is -0.118. The van der Waals surface area contributed by atoms with Crippen LogP contribution in [0.2, 0.25) is 0 Å². The molecule has 2 aromatic heterocycles. The molecule has 1 amide bonds. The number of carbonyl (C=O) groups excluding carboxylic acids is 1. The van der Waals surface area contributed by atoms with Crippen molar-refractivity contribution < 1.29 is 13.9 Å². The smallest absolute Gasteiger partial charge is 0.263 e. The number of nitrogens with one attached hydrogen (secondary N) is 2. The molecule has 2 aliphatic heterocycles. The topological polar surface area (TPSA) is 88.5 Å². The highest BCUT2D eigenvalue weighted by molar-refractivity contribution is 5.94. The molecule has 35 heavy (non-hydrogen) atoms. The number of piperidine rings is 1. The van der Waals surface area contributed by atoms with Gasteiger partial charge in [-0.05, 0) is 67.7 Å². The number of hydrogen-bond acceptors (Lipinski definition) is 6. The van der Waals surface area contributed by atoms with Crippen molar-refractivity contribution in [1.29, 1.82) is 0 Å². The Morgan fingerprint density at radius 2 is 1.83 bits per heavy atom. The van der Waals surface area contributed by atoms with Crippen molar-refractivity contribution in [3.8, 4) is 5.75 Å². The highest BCUT2D eigenvalue weighted by Gasteiger charge is 2.20. The number of pyridine rings is 2. The van der Waals surface area contributed by atoms with Gasteiger partial charge in [0.1, 0.15) is 5.82 Å². The van der Waals surface area contributed by atoms with Crippen LogP contribution in [0.5, 0.6) is 5.75 Å². The van der Waals surface area contributed by atoms with E-state index in [9.17, 15) is 14.0 Å². The molecule has 2 N–H and O–H groups in total. The number of benzene rings is 1. The van der Waals surface area contributed by atoms with Gasteiger partial charge in [0.05, 0.1) is 11.2 Å². The van der Waals surface area contributed by atoms with Gasteiger partial charge in [0.15, 0.2) is 18.2 Å². The number of likely N-dealkylation sites (tertiary alicyclic amines) is 1. The number of rotatable bonds is 6. The summed E-state index contributed by atoms with van der Waals surface area (Å²) in [7, 11) is 0. The largest absolute Gasteiger partial charge is 0.480 e. The highest BCUT2D eigenvalue weighted by atomic mass is 35.5. The maximum Gasteiger partial charge on any atom is 0.263 e. The molecule has 0 bridgehead atoms. The van der Waals surface area contributed by atoms with Crippen LogP contribution in [0.25, 0.3) is 10.9 Å². The minimum absolute atomic E-state index is 0. The fourth-order valence-electron chi connectivity index (χ4n) is 4.45. The molecule has 1 fully saturated rings. The molecule has 2 aliphatic rings. The van der Waals surface area contributed by atoms with Crippen LogP contribution in [0.4, 0.5) is 10.2 Å². The quantitative estimate of drug-likeness (QED) is 0.516. The zero-order valence-electron chi connectivity index (χ0n) is 19.0. The number of anilines is 1.